The van der Waals surface area contributed by atoms with Gasteiger partial charge in [0.25, 0.3) is 5.91 Å². The molecule has 0 aliphatic rings. The summed E-state index contributed by atoms with van der Waals surface area (Å²) < 4.78 is 18.7. The van der Waals surface area contributed by atoms with Crippen molar-refractivity contribution in [2.24, 2.45) is 5.10 Å². The van der Waals surface area contributed by atoms with E-state index in [1.54, 1.807) is 36.4 Å². The van der Waals surface area contributed by atoms with Gasteiger partial charge in [0.05, 0.1) is 23.9 Å². The fourth-order valence-electron chi connectivity index (χ4n) is 3.03. The van der Waals surface area contributed by atoms with Gasteiger partial charge in [0.15, 0.2) is 11.5 Å². The molecule has 0 heterocycles. The van der Waals surface area contributed by atoms with E-state index in [2.05, 4.69) is 42.4 Å². The molecule has 1 amide bonds. The van der Waals surface area contributed by atoms with E-state index >= 15 is 0 Å². The zero-order valence-electron chi connectivity index (χ0n) is 18.9. The van der Waals surface area contributed by atoms with Crippen molar-refractivity contribution in [3.8, 4) is 17.2 Å². The SMILES string of the molecule is CCOc1ccc(C(=O)N/N=C/c2cc(Br)cc(Br)c2OCc2ccc(Cl)cc2Cl)cc1OCC. The van der Waals surface area contributed by atoms with E-state index in [9.17, 15) is 4.79 Å². The number of hydrazone groups is 1. The smallest absolute Gasteiger partial charge is 0.271 e. The van der Waals surface area contributed by atoms with Crippen LogP contribution < -0.4 is 19.6 Å². The van der Waals surface area contributed by atoms with Crippen LogP contribution >= 0.6 is 55.1 Å². The van der Waals surface area contributed by atoms with Crippen LogP contribution in [0.25, 0.3) is 0 Å². The van der Waals surface area contributed by atoms with Crippen LogP contribution in [0.3, 0.4) is 0 Å². The molecule has 1 N–H and O–H groups in total. The summed E-state index contributed by atoms with van der Waals surface area (Å²) in [6.45, 7) is 4.91. The van der Waals surface area contributed by atoms with Gasteiger partial charge >= 0.3 is 0 Å². The second-order valence-electron chi connectivity index (χ2n) is 7.06. The van der Waals surface area contributed by atoms with Crippen molar-refractivity contribution in [1.82, 2.24) is 5.43 Å². The highest BCUT2D eigenvalue weighted by atomic mass is 79.9. The van der Waals surface area contributed by atoms with Gasteiger partial charge in [-0.3, -0.25) is 4.79 Å². The van der Waals surface area contributed by atoms with Crippen LogP contribution in [0.5, 0.6) is 17.2 Å². The van der Waals surface area contributed by atoms with Crippen molar-refractivity contribution in [2.75, 3.05) is 13.2 Å². The van der Waals surface area contributed by atoms with E-state index in [1.807, 2.05) is 26.0 Å². The first-order chi connectivity index (χ1) is 16.8. The fraction of sp³-hybridized carbons (Fsp3) is 0.200. The number of hydrogen-bond acceptors (Lipinski definition) is 5. The zero-order valence-corrected chi connectivity index (χ0v) is 23.6. The lowest BCUT2D eigenvalue weighted by Gasteiger charge is -2.13. The van der Waals surface area contributed by atoms with Gasteiger partial charge in [0, 0.05) is 31.2 Å². The lowest BCUT2D eigenvalue weighted by molar-refractivity contribution is 0.0954. The summed E-state index contributed by atoms with van der Waals surface area (Å²) in [5, 5.41) is 5.18. The molecule has 3 aromatic carbocycles. The average molecular weight is 645 g/mol. The minimum atomic E-state index is -0.394. The maximum Gasteiger partial charge on any atom is 0.271 e. The third-order valence-electron chi connectivity index (χ3n) is 4.60. The summed E-state index contributed by atoms with van der Waals surface area (Å²) >= 11 is 19.2. The third kappa shape index (κ3) is 7.61. The Morgan fingerprint density at radius 1 is 0.971 bits per heavy atom. The predicted molar refractivity (Wildman–Crippen MR) is 146 cm³/mol. The Kier molecular flexibility index (Phi) is 10.3. The van der Waals surface area contributed by atoms with Crippen molar-refractivity contribution in [3.63, 3.8) is 0 Å². The largest absolute Gasteiger partial charge is 0.490 e. The van der Waals surface area contributed by atoms with Gasteiger partial charge in [-0.2, -0.15) is 5.10 Å². The molecule has 0 aliphatic heterocycles. The summed E-state index contributed by atoms with van der Waals surface area (Å²) in [4.78, 5) is 12.7. The first-order valence-corrected chi connectivity index (χ1v) is 12.9. The number of nitrogens with one attached hydrogen (secondary N) is 1. The molecule has 184 valence electrons. The molecule has 0 radical (unpaired) electrons. The van der Waals surface area contributed by atoms with E-state index in [0.717, 1.165) is 10.0 Å². The molecule has 0 aliphatic carbocycles. The summed E-state index contributed by atoms with van der Waals surface area (Å²) in [5.41, 5.74) is 4.34. The van der Waals surface area contributed by atoms with Gasteiger partial charge in [-0.25, -0.2) is 5.43 Å². The van der Waals surface area contributed by atoms with Crippen molar-refractivity contribution < 1.29 is 19.0 Å². The average Bonchev–Trinajstić information content (AvgIpc) is 2.81. The molecular weight excluding hydrogens is 623 g/mol. The van der Waals surface area contributed by atoms with Gasteiger partial charge in [-0.05, 0) is 72.2 Å². The van der Waals surface area contributed by atoms with Gasteiger partial charge in [0.2, 0.25) is 0 Å². The second-order valence-corrected chi connectivity index (χ2v) is 9.67. The first kappa shape index (κ1) is 27.3. The lowest BCUT2D eigenvalue weighted by atomic mass is 10.2. The minimum absolute atomic E-state index is 0.218. The van der Waals surface area contributed by atoms with Crippen molar-refractivity contribution in [2.45, 2.75) is 20.5 Å². The van der Waals surface area contributed by atoms with Gasteiger partial charge in [0.1, 0.15) is 12.4 Å². The molecule has 0 fully saturated rings. The number of rotatable bonds is 10. The second kappa shape index (κ2) is 13.2. The number of carbonyl (C=O) groups is 1. The molecule has 0 atom stereocenters. The molecule has 6 nitrogen and oxygen atoms in total. The Morgan fingerprint density at radius 3 is 2.43 bits per heavy atom. The molecule has 0 saturated carbocycles. The van der Waals surface area contributed by atoms with E-state index in [4.69, 9.17) is 37.4 Å². The van der Waals surface area contributed by atoms with E-state index < -0.39 is 5.91 Å². The highest BCUT2D eigenvalue weighted by Crippen LogP contribution is 2.33. The number of benzene rings is 3. The minimum Gasteiger partial charge on any atom is -0.490 e. The summed E-state index contributed by atoms with van der Waals surface area (Å²) in [7, 11) is 0. The Hall–Kier alpha value is -2.26. The Balaban J connectivity index is 1.76. The number of nitrogens with zero attached hydrogens (tertiary/aromatic N) is 1. The van der Waals surface area contributed by atoms with E-state index in [0.29, 0.717) is 56.1 Å². The summed E-state index contributed by atoms with van der Waals surface area (Å²) in [6.07, 6.45) is 1.50. The van der Waals surface area contributed by atoms with E-state index in [1.165, 1.54) is 6.21 Å². The Bertz CT molecular complexity index is 1240. The molecule has 35 heavy (non-hydrogen) atoms. The number of amides is 1. The monoisotopic (exact) mass is 642 g/mol. The van der Waals surface area contributed by atoms with Gasteiger partial charge in [-0.15, -0.1) is 0 Å². The molecule has 10 heteroatoms. The zero-order chi connectivity index (χ0) is 25.4. The molecule has 3 aromatic rings. The summed E-state index contributed by atoms with van der Waals surface area (Å²) in [5.74, 6) is 1.22. The molecule has 0 aromatic heterocycles. The number of ether oxygens (including phenoxy) is 3. The maximum atomic E-state index is 12.7. The molecular formula is C25H22Br2Cl2N2O4. The fourth-order valence-corrected chi connectivity index (χ4v) is 4.87. The van der Waals surface area contributed by atoms with Crippen LogP contribution in [0, 0.1) is 0 Å². The Morgan fingerprint density at radius 2 is 1.71 bits per heavy atom. The van der Waals surface area contributed by atoms with Crippen LogP contribution in [0.4, 0.5) is 0 Å². The van der Waals surface area contributed by atoms with Crippen molar-refractivity contribution in [3.05, 3.63) is 84.2 Å². The molecule has 0 unspecified atom stereocenters. The lowest BCUT2D eigenvalue weighted by Crippen LogP contribution is -2.18. The first-order valence-electron chi connectivity index (χ1n) is 10.6. The third-order valence-corrected chi connectivity index (χ3v) is 6.23. The van der Waals surface area contributed by atoms with Crippen molar-refractivity contribution >= 4 is 67.2 Å². The van der Waals surface area contributed by atoms with Gasteiger partial charge in [-0.1, -0.05) is 45.2 Å². The van der Waals surface area contributed by atoms with Crippen LogP contribution in [0.1, 0.15) is 35.3 Å². The standard InChI is InChI=1S/C25H22Br2Cl2N2O4/c1-3-33-22-8-6-15(10-23(22)34-4-2)25(32)31-30-13-17-9-18(26)11-20(27)24(17)35-14-16-5-7-19(28)12-21(16)29/h5-13H,3-4,14H2,1-2H3,(H,31,32)/b30-13+. The van der Waals surface area contributed by atoms with Crippen molar-refractivity contribution in [1.29, 1.82) is 0 Å². The van der Waals surface area contributed by atoms with Gasteiger partial charge < -0.3 is 14.2 Å². The number of hydrogen-bond donors (Lipinski definition) is 1. The molecule has 0 saturated heterocycles. The van der Waals surface area contributed by atoms with Crippen LogP contribution in [0.2, 0.25) is 10.0 Å². The highest BCUT2D eigenvalue weighted by Gasteiger charge is 2.13. The summed E-state index contributed by atoms with van der Waals surface area (Å²) in [6, 6.07) is 13.9. The molecule has 0 spiro atoms. The Labute approximate surface area is 230 Å². The molecule has 3 rings (SSSR count). The molecule has 0 bridgehead atoms. The normalized spacial score (nSPS) is 10.9. The highest BCUT2D eigenvalue weighted by molar-refractivity contribution is 9.11. The maximum absolute atomic E-state index is 12.7. The van der Waals surface area contributed by atoms with Crippen LogP contribution in [0.15, 0.2) is 62.6 Å². The van der Waals surface area contributed by atoms with Crippen LogP contribution in [-0.2, 0) is 6.61 Å². The predicted octanol–water partition coefficient (Wildman–Crippen LogP) is 7.66. The number of carbonyl (C=O) groups excluding carboxylic acids is 1. The van der Waals surface area contributed by atoms with Crippen LogP contribution in [-0.4, -0.2) is 25.3 Å². The number of halogens is 4. The van der Waals surface area contributed by atoms with E-state index in [-0.39, 0.29) is 6.61 Å². The topological polar surface area (TPSA) is 69.2 Å². The quantitative estimate of drug-likeness (QED) is 0.182.